The SMILES string of the molecule is N[C@H]1CC[C@H]1c1ccccc1Cl. The minimum atomic E-state index is 0.324. The van der Waals surface area contributed by atoms with Gasteiger partial charge in [0.1, 0.15) is 0 Å². The van der Waals surface area contributed by atoms with Crippen molar-refractivity contribution in [3.8, 4) is 0 Å². The van der Waals surface area contributed by atoms with Crippen LogP contribution in [0.1, 0.15) is 24.3 Å². The first-order chi connectivity index (χ1) is 5.79. The Bertz CT molecular complexity index is 285. The second-order valence-electron chi connectivity index (χ2n) is 3.37. The molecule has 1 aromatic carbocycles. The first-order valence-electron chi connectivity index (χ1n) is 4.29. The van der Waals surface area contributed by atoms with Crippen molar-refractivity contribution in [1.29, 1.82) is 0 Å². The Labute approximate surface area is 77.5 Å². The number of nitrogens with two attached hydrogens (primary N) is 1. The average Bonchev–Trinajstić information content (AvgIpc) is 2.06. The standard InChI is InChI=1S/C10H12ClN/c11-9-4-2-1-3-7(9)8-5-6-10(8)12/h1-4,8,10H,5-6,12H2/t8-,10-/m0/s1. The van der Waals surface area contributed by atoms with Gasteiger partial charge in [0, 0.05) is 17.0 Å². The molecule has 64 valence electrons. The zero-order valence-electron chi connectivity index (χ0n) is 6.83. The van der Waals surface area contributed by atoms with Gasteiger partial charge >= 0.3 is 0 Å². The topological polar surface area (TPSA) is 26.0 Å². The van der Waals surface area contributed by atoms with Crippen molar-refractivity contribution in [3.63, 3.8) is 0 Å². The summed E-state index contributed by atoms with van der Waals surface area (Å²) in [5.41, 5.74) is 7.09. The Kier molecular flexibility index (Phi) is 2.07. The highest BCUT2D eigenvalue weighted by molar-refractivity contribution is 6.31. The van der Waals surface area contributed by atoms with Gasteiger partial charge in [-0.1, -0.05) is 29.8 Å². The fraction of sp³-hybridized carbons (Fsp3) is 0.400. The fourth-order valence-electron chi connectivity index (χ4n) is 1.69. The number of halogens is 1. The lowest BCUT2D eigenvalue weighted by molar-refractivity contribution is 0.347. The van der Waals surface area contributed by atoms with Crippen LogP contribution in [0.15, 0.2) is 24.3 Å². The average molecular weight is 182 g/mol. The first kappa shape index (κ1) is 8.09. The Balaban J connectivity index is 2.27. The summed E-state index contributed by atoms with van der Waals surface area (Å²) in [6.45, 7) is 0. The highest BCUT2D eigenvalue weighted by Crippen LogP contribution is 2.38. The van der Waals surface area contributed by atoms with Crippen molar-refractivity contribution in [2.45, 2.75) is 24.8 Å². The van der Waals surface area contributed by atoms with Crippen LogP contribution in [-0.4, -0.2) is 6.04 Å². The van der Waals surface area contributed by atoms with Gasteiger partial charge in [0.15, 0.2) is 0 Å². The van der Waals surface area contributed by atoms with Crippen LogP contribution in [0.3, 0.4) is 0 Å². The predicted octanol–water partition coefficient (Wildman–Crippen LogP) is 2.54. The number of rotatable bonds is 1. The minimum Gasteiger partial charge on any atom is -0.327 e. The van der Waals surface area contributed by atoms with E-state index in [2.05, 4.69) is 6.07 Å². The summed E-state index contributed by atoms with van der Waals surface area (Å²) in [7, 11) is 0. The van der Waals surface area contributed by atoms with Gasteiger partial charge in [-0.05, 0) is 24.5 Å². The van der Waals surface area contributed by atoms with Gasteiger partial charge in [-0.2, -0.15) is 0 Å². The third kappa shape index (κ3) is 1.23. The number of hydrogen-bond donors (Lipinski definition) is 1. The molecular formula is C10H12ClN. The molecule has 0 aromatic heterocycles. The fourth-order valence-corrected chi connectivity index (χ4v) is 1.96. The summed E-state index contributed by atoms with van der Waals surface area (Å²) in [6.07, 6.45) is 2.32. The smallest absolute Gasteiger partial charge is 0.0441 e. The highest BCUT2D eigenvalue weighted by Gasteiger charge is 2.29. The molecule has 0 unspecified atom stereocenters. The van der Waals surface area contributed by atoms with Crippen LogP contribution in [0.25, 0.3) is 0 Å². The molecule has 0 radical (unpaired) electrons. The lowest BCUT2D eigenvalue weighted by atomic mass is 9.76. The molecule has 0 heterocycles. The van der Waals surface area contributed by atoms with Gasteiger partial charge in [0.25, 0.3) is 0 Å². The van der Waals surface area contributed by atoms with E-state index < -0.39 is 0 Å². The molecule has 0 aliphatic heterocycles. The van der Waals surface area contributed by atoms with Crippen LogP contribution in [0, 0.1) is 0 Å². The lowest BCUT2D eigenvalue weighted by Gasteiger charge is -2.34. The number of benzene rings is 1. The monoisotopic (exact) mass is 181 g/mol. The van der Waals surface area contributed by atoms with Crippen molar-refractivity contribution in [3.05, 3.63) is 34.9 Å². The zero-order valence-corrected chi connectivity index (χ0v) is 7.59. The zero-order chi connectivity index (χ0) is 8.55. The molecule has 2 rings (SSSR count). The maximum Gasteiger partial charge on any atom is 0.0441 e. The van der Waals surface area contributed by atoms with Crippen molar-refractivity contribution >= 4 is 11.6 Å². The molecule has 0 bridgehead atoms. The Morgan fingerprint density at radius 3 is 2.50 bits per heavy atom. The van der Waals surface area contributed by atoms with E-state index in [1.54, 1.807) is 0 Å². The van der Waals surface area contributed by atoms with Crippen molar-refractivity contribution < 1.29 is 0 Å². The molecule has 12 heavy (non-hydrogen) atoms. The summed E-state index contributed by atoms with van der Waals surface area (Å²) >= 11 is 6.04. The summed E-state index contributed by atoms with van der Waals surface area (Å²) in [6, 6.07) is 8.31. The Morgan fingerprint density at radius 2 is 2.00 bits per heavy atom. The second-order valence-corrected chi connectivity index (χ2v) is 3.78. The van der Waals surface area contributed by atoms with Crippen LogP contribution in [-0.2, 0) is 0 Å². The quantitative estimate of drug-likeness (QED) is 0.708. The lowest BCUT2D eigenvalue weighted by Crippen LogP contribution is -2.37. The van der Waals surface area contributed by atoms with E-state index in [4.69, 9.17) is 17.3 Å². The van der Waals surface area contributed by atoms with Crippen LogP contribution in [0.4, 0.5) is 0 Å². The van der Waals surface area contributed by atoms with E-state index >= 15 is 0 Å². The Morgan fingerprint density at radius 1 is 1.25 bits per heavy atom. The third-order valence-electron chi connectivity index (χ3n) is 2.63. The molecule has 0 amide bonds. The molecule has 1 aliphatic carbocycles. The first-order valence-corrected chi connectivity index (χ1v) is 4.67. The van der Waals surface area contributed by atoms with Crippen LogP contribution in [0.5, 0.6) is 0 Å². The molecule has 1 saturated carbocycles. The van der Waals surface area contributed by atoms with Crippen molar-refractivity contribution in [1.82, 2.24) is 0 Å². The van der Waals surface area contributed by atoms with Gasteiger partial charge in [-0.25, -0.2) is 0 Å². The van der Waals surface area contributed by atoms with Crippen LogP contribution < -0.4 is 5.73 Å². The van der Waals surface area contributed by atoms with Gasteiger partial charge in [-0.3, -0.25) is 0 Å². The molecule has 1 nitrogen and oxygen atoms in total. The van der Waals surface area contributed by atoms with Gasteiger partial charge < -0.3 is 5.73 Å². The summed E-state index contributed by atoms with van der Waals surface area (Å²) in [4.78, 5) is 0. The molecule has 0 spiro atoms. The summed E-state index contributed by atoms with van der Waals surface area (Å²) < 4.78 is 0. The van der Waals surface area contributed by atoms with Crippen molar-refractivity contribution in [2.24, 2.45) is 5.73 Å². The maximum absolute atomic E-state index is 6.04. The van der Waals surface area contributed by atoms with Crippen molar-refractivity contribution in [2.75, 3.05) is 0 Å². The molecular weight excluding hydrogens is 170 g/mol. The maximum atomic E-state index is 6.04. The van der Waals surface area contributed by atoms with E-state index in [0.717, 1.165) is 11.4 Å². The van der Waals surface area contributed by atoms with E-state index in [1.165, 1.54) is 12.0 Å². The molecule has 0 saturated heterocycles. The van der Waals surface area contributed by atoms with E-state index in [1.807, 2.05) is 18.2 Å². The Hall–Kier alpha value is -0.530. The normalized spacial score (nSPS) is 28.2. The molecule has 2 heteroatoms. The molecule has 1 aliphatic rings. The van der Waals surface area contributed by atoms with Crippen LogP contribution >= 0.6 is 11.6 Å². The summed E-state index contributed by atoms with van der Waals surface area (Å²) in [5, 5.41) is 0.859. The second kappa shape index (κ2) is 3.08. The molecule has 2 N–H and O–H groups in total. The minimum absolute atomic E-state index is 0.324. The van der Waals surface area contributed by atoms with E-state index in [0.29, 0.717) is 12.0 Å². The summed E-state index contributed by atoms with van der Waals surface area (Å²) in [5.74, 6) is 0.499. The van der Waals surface area contributed by atoms with E-state index in [9.17, 15) is 0 Å². The van der Waals surface area contributed by atoms with Gasteiger partial charge in [0.2, 0.25) is 0 Å². The number of hydrogen-bond acceptors (Lipinski definition) is 1. The molecule has 2 atom stereocenters. The van der Waals surface area contributed by atoms with Crippen LogP contribution in [0.2, 0.25) is 5.02 Å². The highest BCUT2D eigenvalue weighted by atomic mass is 35.5. The largest absolute Gasteiger partial charge is 0.327 e. The third-order valence-corrected chi connectivity index (χ3v) is 2.98. The predicted molar refractivity (Wildman–Crippen MR) is 51.4 cm³/mol. The molecule has 1 fully saturated rings. The van der Waals surface area contributed by atoms with Gasteiger partial charge in [0.05, 0.1) is 0 Å². The van der Waals surface area contributed by atoms with E-state index in [-0.39, 0.29) is 0 Å². The van der Waals surface area contributed by atoms with Gasteiger partial charge in [-0.15, -0.1) is 0 Å². The molecule has 1 aromatic rings.